The van der Waals surface area contributed by atoms with E-state index in [-0.39, 0.29) is 5.54 Å². The summed E-state index contributed by atoms with van der Waals surface area (Å²) in [7, 11) is 2.16. The number of piperazine rings is 1. The third-order valence-corrected chi connectivity index (χ3v) is 3.81. The number of nitrogens with zero attached hydrogens (tertiary/aromatic N) is 3. The van der Waals surface area contributed by atoms with Crippen molar-refractivity contribution in [3.63, 3.8) is 0 Å². The fraction of sp³-hybridized carbons (Fsp3) is 0.933. The van der Waals surface area contributed by atoms with Gasteiger partial charge in [0.15, 0.2) is 0 Å². The SMILES string of the molecule is CC(C)CC(C#N)(CC(C)C)N1CCN(C)CC1. The minimum Gasteiger partial charge on any atom is -0.304 e. The van der Waals surface area contributed by atoms with E-state index in [2.05, 4.69) is 50.6 Å². The van der Waals surface area contributed by atoms with E-state index in [1.54, 1.807) is 0 Å². The maximum Gasteiger partial charge on any atom is 0.109 e. The van der Waals surface area contributed by atoms with Gasteiger partial charge in [-0.1, -0.05) is 27.7 Å². The van der Waals surface area contributed by atoms with Gasteiger partial charge in [0.1, 0.15) is 5.54 Å². The van der Waals surface area contributed by atoms with Crippen LogP contribution in [-0.2, 0) is 0 Å². The Kier molecular flexibility index (Phi) is 5.62. The molecule has 1 aliphatic rings. The molecule has 0 spiro atoms. The van der Waals surface area contributed by atoms with Crippen LogP contribution in [-0.4, -0.2) is 48.6 Å². The highest BCUT2D eigenvalue weighted by Gasteiger charge is 2.39. The standard InChI is InChI=1S/C15H29N3/c1-13(2)10-15(12-16,11-14(3)4)18-8-6-17(5)7-9-18/h13-14H,6-11H2,1-5H3. The Morgan fingerprint density at radius 1 is 1.00 bits per heavy atom. The molecule has 0 bridgehead atoms. The second-order valence-corrected chi connectivity index (χ2v) is 6.63. The highest BCUT2D eigenvalue weighted by Crippen LogP contribution is 2.31. The van der Waals surface area contributed by atoms with Gasteiger partial charge in [-0.05, 0) is 31.7 Å². The van der Waals surface area contributed by atoms with Crippen molar-refractivity contribution in [3.8, 4) is 6.07 Å². The number of nitriles is 1. The van der Waals surface area contributed by atoms with Crippen LogP contribution in [0.1, 0.15) is 40.5 Å². The number of hydrogen-bond donors (Lipinski definition) is 0. The van der Waals surface area contributed by atoms with E-state index in [1.807, 2.05) is 0 Å². The van der Waals surface area contributed by atoms with Crippen LogP contribution in [0, 0.1) is 23.2 Å². The second kappa shape index (κ2) is 6.54. The molecule has 1 heterocycles. The molecule has 1 rings (SSSR count). The van der Waals surface area contributed by atoms with Crippen LogP contribution in [0.5, 0.6) is 0 Å². The lowest BCUT2D eigenvalue weighted by Gasteiger charge is -2.45. The Hall–Kier alpha value is -0.590. The molecule has 1 saturated heterocycles. The van der Waals surface area contributed by atoms with Crippen LogP contribution < -0.4 is 0 Å². The monoisotopic (exact) mass is 251 g/mol. The zero-order valence-corrected chi connectivity index (χ0v) is 12.7. The molecular formula is C15H29N3. The van der Waals surface area contributed by atoms with Gasteiger partial charge < -0.3 is 4.90 Å². The molecule has 1 aliphatic heterocycles. The molecule has 3 heteroatoms. The minimum atomic E-state index is -0.246. The molecular weight excluding hydrogens is 222 g/mol. The van der Waals surface area contributed by atoms with Crippen LogP contribution >= 0.6 is 0 Å². The quantitative estimate of drug-likeness (QED) is 0.752. The molecule has 0 atom stereocenters. The van der Waals surface area contributed by atoms with Gasteiger partial charge in [0.25, 0.3) is 0 Å². The highest BCUT2D eigenvalue weighted by molar-refractivity contribution is 5.10. The van der Waals surface area contributed by atoms with Crippen molar-refractivity contribution >= 4 is 0 Å². The smallest absolute Gasteiger partial charge is 0.109 e. The summed E-state index contributed by atoms with van der Waals surface area (Å²) in [6, 6.07) is 2.67. The first kappa shape index (κ1) is 15.5. The zero-order chi connectivity index (χ0) is 13.8. The lowest BCUT2D eigenvalue weighted by atomic mass is 9.81. The van der Waals surface area contributed by atoms with Crippen LogP contribution in [0.3, 0.4) is 0 Å². The predicted molar refractivity (Wildman–Crippen MR) is 76.3 cm³/mol. The van der Waals surface area contributed by atoms with Gasteiger partial charge in [-0.2, -0.15) is 5.26 Å². The normalized spacial score (nSPS) is 19.4. The van der Waals surface area contributed by atoms with E-state index < -0.39 is 0 Å². The summed E-state index contributed by atoms with van der Waals surface area (Å²) in [5, 5.41) is 9.79. The maximum absolute atomic E-state index is 9.79. The first-order chi connectivity index (χ1) is 8.39. The van der Waals surface area contributed by atoms with Gasteiger partial charge in [0, 0.05) is 26.2 Å². The Balaban J connectivity index is 2.84. The summed E-state index contributed by atoms with van der Waals surface area (Å²) in [5.41, 5.74) is -0.246. The largest absolute Gasteiger partial charge is 0.304 e. The van der Waals surface area contributed by atoms with Gasteiger partial charge in [0.05, 0.1) is 6.07 Å². The Labute approximate surface area is 113 Å². The molecule has 0 unspecified atom stereocenters. The van der Waals surface area contributed by atoms with E-state index in [4.69, 9.17) is 0 Å². The van der Waals surface area contributed by atoms with Crippen LogP contribution in [0.4, 0.5) is 0 Å². The van der Waals surface area contributed by atoms with E-state index >= 15 is 0 Å². The van der Waals surface area contributed by atoms with Gasteiger partial charge in [-0.15, -0.1) is 0 Å². The lowest BCUT2D eigenvalue weighted by Crippen LogP contribution is -2.56. The summed E-state index contributed by atoms with van der Waals surface area (Å²) in [6.07, 6.45) is 1.98. The van der Waals surface area contributed by atoms with Crippen LogP contribution in [0.2, 0.25) is 0 Å². The average Bonchev–Trinajstić information content (AvgIpc) is 2.27. The van der Waals surface area contributed by atoms with Crippen molar-refractivity contribution < 1.29 is 0 Å². The summed E-state index contributed by atoms with van der Waals surface area (Å²) in [5.74, 6) is 1.14. The fourth-order valence-electron chi connectivity index (χ4n) is 3.09. The Morgan fingerprint density at radius 2 is 1.44 bits per heavy atom. The van der Waals surface area contributed by atoms with Crippen LogP contribution in [0.15, 0.2) is 0 Å². The molecule has 0 N–H and O–H groups in total. The van der Waals surface area contributed by atoms with Gasteiger partial charge in [0.2, 0.25) is 0 Å². The first-order valence-electron chi connectivity index (χ1n) is 7.24. The van der Waals surface area contributed by atoms with Crippen molar-refractivity contribution in [2.45, 2.75) is 46.1 Å². The molecule has 1 fully saturated rings. The zero-order valence-electron chi connectivity index (χ0n) is 12.7. The maximum atomic E-state index is 9.79. The molecule has 0 saturated carbocycles. The Bertz CT molecular complexity index is 273. The van der Waals surface area contributed by atoms with E-state index in [0.29, 0.717) is 11.8 Å². The van der Waals surface area contributed by atoms with E-state index in [9.17, 15) is 5.26 Å². The molecule has 3 nitrogen and oxygen atoms in total. The molecule has 0 aromatic rings. The molecule has 0 radical (unpaired) electrons. The number of rotatable bonds is 5. The molecule has 0 aromatic heterocycles. The number of likely N-dealkylation sites (N-methyl/N-ethyl adjacent to an activating group) is 1. The topological polar surface area (TPSA) is 30.3 Å². The van der Waals surface area contributed by atoms with Crippen molar-refractivity contribution in [1.29, 1.82) is 5.26 Å². The second-order valence-electron chi connectivity index (χ2n) is 6.63. The van der Waals surface area contributed by atoms with E-state index in [0.717, 1.165) is 39.0 Å². The van der Waals surface area contributed by atoms with Gasteiger partial charge in [-0.3, -0.25) is 4.90 Å². The molecule has 0 aromatic carbocycles. The van der Waals surface area contributed by atoms with Gasteiger partial charge >= 0.3 is 0 Å². The third kappa shape index (κ3) is 3.96. The highest BCUT2D eigenvalue weighted by atomic mass is 15.3. The summed E-state index contributed by atoms with van der Waals surface area (Å²) < 4.78 is 0. The molecule has 0 amide bonds. The first-order valence-corrected chi connectivity index (χ1v) is 7.24. The summed E-state index contributed by atoms with van der Waals surface area (Å²) in [6.45, 7) is 13.1. The van der Waals surface area contributed by atoms with Crippen molar-refractivity contribution in [2.24, 2.45) is 11.8 Å². The number of hydrogen-bond acceptors (Lipinski definition) is 3. The summed E-state index contributed by atoms with van der Waals surface area (Å²) >= 11 is 0. The van der Waals surface area contributed by atoms with Crippen molar-refractivity contribution in [2.75, 3.05) is 33.2 Å². The molecule has 104 valence electrons. The fourth-order valence-corrected chi connectivity index (χ4v) is 3.09. The Morgan fingerprint density at radius 3 is 1.78 bits per heavy atom. The molecule has 0 aliphatic carbocycles. The minimum absolute atomic E-state index is 0.246. The lowest BCUT2D eigenvalue weighted by molar-refractivity contribution is 0.0473. The average molecular weight is 251 g/mol. The van der Waals surface area contributed by atoms with Gasteiger partial charge in [-0.25, -0.2) is 0 Å². The summed E-state index contributed by atoms with van der Waals surface area (Å²) in [4.78, 5) is 4.79. The third-order valence-electron chi connectivity index (χ3n) is 3.81. The predicted octanol–water partition coefficient (Wildman–Crippen LogP) is 2.59. The van der Waals surface area contributed by atoms with E-state index in [1.165, 1.54) is 0 Å². The van der Waals surface area contributed by atoms with Crippen molar-refractivity contribution in [1.82, 2.24) is 9.80 Å². The van der Waals surface area contributed by atoms with Crippen molar-refractivity contribution in [3.05, 3.63) is 0 Å². The molecule has 18 heavy (non-hydrogen) atoms. The van der Waals surface area contributed by atoms with Crippen LogP contribution in [0.25, 0.3) is 0 Å².